The molecule has 0 amide bonds. The van der Waals surface area contributed by atoms with Crippen molar-refractivity contribution in [3.63, 3.8) is 0 Å². The van der Waals surface area contributed by atoms with Crippen LogP contribution >= 0.6 is 11.8 Å². The quantitative estimate of drug-likeness (QED) is 0.449. The summed E-state index contributed by atoms with van der Waals surface area (Å²) in [6.07, 6.45) is 4.30. The second-order valence-electron chi connectivity index (χ2n) is 3.41. The minimum absolute atomic E-state index is 0.0865. The van der Waals surface area contributed by atoms with Crippen molar-refractivity contribution < 1.29 is 9.66 Å². The number of nitro benzene ring substituents is 1. The van der Waals surface area contributed by atoms with Crippen LogP contribution in [0.2, 0.25) is 0 Å². The van der Waals surface area contributed by atoms with Crippen molar-refractivity contribution in [2.24, 2.45) is 0 Å². The lowest BCUT2D eigenvalue weighted by molar-refractivity contribution is -0.385. The molecule has 0 aromatic heterocycles. The average Bonchev–Trinajstić information content (AvgIpc) is 3.01. The Bertz CT molecular complexity index is 390. The Morgan fingerprint density at radius 3 is 2.80 bits per heavy atom. The molecule has 0 bridgehead atoms. The molecular weight excluding hydrogens is 214 g/mol. The predicted molar refractivity (Wildman–Crippen MR) is 58.5 cm³/mol. The molecule has 0 N–H and O–H groups in total. The molecule has 1 saturated carbocycles. The van der Waals surface area contributed by atoms with Crippen LogP contribution in [0, 0.1) is 10.1 Å². The van der Waals surface area contributed by atoms with Crippen LogP contribution in [0.15, 0.2) is 23.1 Å². The van der Waals surface area contributed by atoms with Crippen molar-refractivity contribution in [3.05, 3.63) is 28.3 Å². The summed E-state index contributed by atoms with van der Waals surface area (Å²) in [7, 11) is 0. The second kappa shape index (κ2) is 4.10. The molecule has 80 valence electrons. The Hall–Kier alpha value is -1.23. The molecule has 0 aliphatic heterocycles. The highest BCUT2D eigenvalue weighted by Gasteiger charge is 2.25. The standard InChI is InChI=1S/C10H11NO3S/c1-15-10-5-2-7(11(12)13)6-9(10)14-8-3-4-8/h2,5-6,8H,3-4H2,1H3. The van der Waals surface area contributed by atoms with Gasteiger partial charge < -0.3 is 4.74 Å². The number of nitro groups is 1. The summed E-state index contributed by atoms with van der Waals surface area (Å²) in [6.45, 7) is 0. The molecule has 0 heterocycles. The molecule has 0 radical (unpaired) electrons. The Labute approximate surface area is 91.8 Å². The maximum atomic E-state index is 10.6. The number of hydrogen-bond acceptors (Lipinski definition) is 4. The van der Waals surface area contributed by atoms with Gasteiger partial charge in [0.05, 0.1) is 17.1 Å². The van der Waals surface area contributed by atoms with Gasteiger partial charge in [-0.05, 0) is 25.2 Å². The largest absolute Gasteiger partial charge is 0.489 e. The average molecular weight is 225 g/mol. The number of non-ortho nitro benzene ring substituents is 1. The highest BCUT2D eigenvalue weighted by molar-refractivity contribution is 7.98. The highest BCUT2D eigenvalue weighted by Crippen LogP contribution is 2.35. The number of thioether (sulfide) groups is 1. The van der Waals surface area contributed by atoms with Gasteiger partial charge in [-0.25, -0.2) is 0 Å². The molecule has 1 fully saturated rings. The number of ether oxygens (including phenoxy) is 1. The van der Waals surface area contributed by atoms with Gasteiger partial charge in [0.1, 0.15) is 5.75 Å². The lowest BCUT2D eigenvalue weighted by Crippen LogP contribution is -1.98. The van der Waals surface area contributed by atoms with Gasteiger partial charge in [-0.3, -0.25) is 10.1 Å². The highest BCUT2D eigenvalue weighted by atomic mass is 32.2. The summed E-state index contributed by atoms with van der Waals surface area (Å²) in [5.41, 5.74) is 0.0865. The molecule has 2 rings (SSSR count). The molecular formula is C10H11NO3S. The first-order valence-electron chi connectivity index (χ1n) is 4.70. The number of benzene rings is 1. The molecule has 15 heavy (non-hydrogen) atoms. The fourth-order valence-corrected chi connectivity index (χ4v) is 1.75. The lowest BCUT2D eigenvalue weighted by Gasteiger charge is -2.08. The van der Waals surface area contributed by atoms with Crippen LogP contribution in [0.3, 0.4) is 0 Å². The van der Waals surface area contributed by atoms with Gasteiger partial charge in [0, 0.05) is 11.0 Å². The second-order valence-corrected chi connectivity index (χ2v) is 4.26. The Morgan fingerprint density at radius 2 is 2.27 bits per heavy atom. The van der Waals surface area contributed by atoms with Gasteiger partial charge in [0.15, 0.2) is 0 Å². The number of hydrogen-bond donors (Lipinski definition) is 0. The van der Waals surface area contributed by atoms with Gasteiger partial charge in [-0.1, -0.05) is 0 Å². The van der Waals surface area contributed by atoms with E-state index in [-0.39, 0.29) is 11.8 Å². The van der Waals surface area contributed by atoms with E-state index in [0.29, 0.717) is 5.75 Å². The molecule has 5 heteroatoms. The lowest BCUT2D eigenvalue weighted by atomic mass is 10.3. The first-order chi connectivity index (χ1) is 7.20. The third-order valence-corrected chi connectivity index (χ3v) is 2.95. The van der Waals surface area contributed by atoms with E-state index in [1.54, 1.807) is 6.07 Å². The van der Waals surface area contributed by atoms with E-state index in [2.05, 4.69) is 0 Å². The smallest absolute Gasteiger partial charge is 0.273 e. The minimum Gasteiger partial charge on any atom is -0.489 e. The van der Waals surface area contributed by atoms with Crippen LogP contribution < -0.4 is 4.74 Å². The van der Waals surface area contributed by atoms with Gasteiger partial charge in [-0.15, -0.1) is 11.8 Å². The van der Waals surface area contributed by atoms with Gasteiger partial charge in [0.25, 0.3) is 5.69 Å². The van der Waals surface area contributed by atoms with Crippen LogP contribution in [-0.4, -0.2) is 17.3 Å². The molecule has 0 unspecified atom stereocenters. The van der Waals surface area contributed by atoms with E-state index >= 15 is 0 Å². The molecule has 1 aromatic carbocycles. The first kappa shape index (κ1) is 10.3. The van der Waals surface area contributed by atoms with Gasteiger partial charge >= 0.3 is 0 Å². The van der Waals surface area contributed by atoms with Crippen molar-refractivity contribution in [1.82, 2.24) is 0 Å². The molecule has 1 aliphatic carbocycles. The van der Waals surface area contributed by atoms with E-state index in [9.17, 15) is 10.1 Å². The summed E-state index contributed by atoms with van der Waals surface area (Å²) >= 11 is 1.54. The molecule has 0 saturated heterocycles. The maximum absolute atomic E-state index is 10.6. The van der Waals surface area contributed by atoms with E-state index in [0.717, 1.165) is 17.7 Å². The first-order valence-corrected chi connectivity index (χ1v) is 5.92. The Morgan fingerprint density at radius 1 is 1.53 bits per heavy atom. The fourth-order valence-electron chi connectivity index (χ4n) is 1.24. The zero-order valence-electron chi connectivity index (χ0n) is 8.30. The zero-order chi connectivity index (χ0) is 10.8. The van der Waals surface area contributed by atoms with E-state index in [1.807, 2.05) is 6.26 Å². The van der Waals surface area contributed by atoms with Crippen molar-refractivity contribution in [2.45, 2.75) is 23.8 Å². The summed E-state index contributed by atoms with van der Waals surface area (Å²) in [4.78, 5) is 11.1. The fraction of sp³-hybridized carbons (Fsp3) is 0.400. The SMILES string of the molecule is CSc1ccc([N+](=O)[O-])cc1OC1CC1. The Balaban J connectivity index is 2.28. The molecule has 0 spiro atoms. The topological polar surface area (TPSA) is 52.4 Å². The van der Waals surface area contributed by atoms with E-state index < -0.39 is 4.92 Å². The van der Waals surface area contributed by atoms with Crippen molar-refractivity contribution >= 4 is 17.4 Å². The van der Waals surface area contributed by atoms with Crippen LogP contribution in [0.4, 0.5) is 5.69 Å². The zero-order valence-corrected chi connectivity index (χ0v) is 9.12. The predicted octanol–water partition coefficient (Wildman–Crippen LogP) is 2.86. The summed E-state index contributed by atoms with van der Waals surface area (Å²) in [6, 6.07) is 4.75. The van der Waals surface area contributed by atoms with E-state index in [4.69, 9.17) is 4.74 Å². The molecule has 4 nitrogen and oxygen atoms in total. The van der Waals surface area contributed by atoms with Gasteiger partial charge in [-0.2, -0.15) is 0 Å². The Kier molecular flexibility index (Phi) is 2.81. The normalized spacial score (nSPS) is 15.0. The molecule has 1 aliphatic rings. The van der Waals surface area contributed by atoms with Crippen molar-refractivity contribution in [3.8, 4) is 5.75 Å². The van der Waals surface area contributed by atoms with Crippen molar-refractivity contribution in [1.29, 1.82) is 0 Å². The number of rotatable bonds is 4. The third-order valence-electron chi connectivity index (χ3n) is 2.18. The minimum atomic E-state index is -0.399. The number of nitrogens with zero attached hydrogens (tertiary/aromatic N) is 1. The molecule has 1 aromatic rings. The summed E-state index contributed by atoms with van der Waals surface area (Å²) in [5.74, 6) is 0.638. The van der Waals surface area contributed by atoms with Crippen molar-refractivity contribution in [2.75, 3.05) is 6.26 Å². The summed E-state index contributed by atoms with van der Waals surface area (Å²) < 4.78 is 5.61. The van der Waals surface area contributed by atoms with Crippen LogP contribution in [0.5, 0.6) is 5.75 Å². The van der Waals surface area contributed by atoms with E-state index in [1.165, 1.54) is 23.9 Å². The maximum Gasteiger partial charge on any atom is 0.273 e. The third kappa shape index (κ3) is 2.41. The molecule has 0 atom stereocenters. The monoisotopic (exact) mass is 225 g/mol. The van der Waals surface area contributed by atoms with Crippen LogP contribution in [0.1, 0.15) is 12.8 Å². The van der Waals surface area contributed by atoms with Gasteiger partial charge in [0.2, 0.25) is 0 Å². The van der Waals surface area contributed by atoms with Crippen LogP contribution in [0.25, 0.3) is 0 Å². The van der Waals surface area contributed by atoms with Crippen LogP contribution in [-0.2, 0) is 0 Å². The summed E-state index contributed by atoms with van der Waals surface area (Å²) in [5, 5.41) is 10.6.